The second kappa shape index (κ2) is 10.9. The largest absolute Gasteiger partial charge is 0.465 e. The Balaban J connectivity index is 2.16. The normalized spacial score (nSPS) is 11.2. The molecule has 0 radical (unpaired) electrons. The Kier molecular flexibility index (Phi) is 9.42. The van der Waals surface area contributed by atoms with Gasteiger partial charge in [-0.15, -0.1) is 0 Å². The van der Waals surface area contributed by atoms with E-state index < -0.39 is 0 Å². The highest BCUT2D eigenvalue weighted by atomic mass is 16.5. The van der Waals surface area contributed by atoms with Crippen LogP contribution in [0.4, 0.5) is 0 Å². The molecule has 0 unspecified atom stereocenters. The number of hydrogen-bond donors (Lipinski definition) is 1. The molecule has 116 valence electrons. The molecule has 1 heterocycles. The highest BCUT2D eigenvalue weighted by Gasteiger charge is 2.07. The topological polar surface area (TPSA) is 34.4 Å². The average Bonchev–Trinajstić information content (AvgIpc) is 2.79. The first-order chi connectivity index (χ1) is 9.77. The van der Waals surface area contributed by atoms with Gasteiger partial charge in [0.15, 0.2) is 0 Å². The van der Waals surface area contributed by atoms with Gasteiger partial charge in [0.2, 0.25) is 0 Å². The zero-order valence-corrected chi connectivity index (χ0v) is 13.5. The molecule has 0 amide bonds. The lowest BCUT2D eigenvalue weighted by atomic mass is 10.2. The molecular weight excluding hydrogens is 250 g/mol. The fourth-order valence-electron chi connectivity index (χ4n) is 2.20. The molecule has 1 aromatic rings. The van der Waals surface area contributed by atoms with Crippen LogP contribution in [-0.4, -0.2) is 13.2 Å². The van der Waals surface area contributed by atoms with Crippen LogP contribution in [0.1, 0.15) is 69.5 Å². The summed E-state index contributed by atoms with van der Waals surface area (Å²) < 4.78 is 11.5. The van der Waals surface area contributed by atoms with Gasteiger partial charge >= 0.3 is 0 Å². The quantitative estimate of drug-likeness (QED) is 0.570. The average molecular weight is 281 g/mol. The Labute approximate surface area is 124 Å². The van der Waals surface area contributed by atoms with Crippen molar-refractivity contribution in [3.05, 3.63) is 23.2 Å². The smallest absolute Gasteiger partial charge is 0.118 e. The fraction of sp³-hybridized carbons (Fsp3) is 0.765. The van der Waals surface area contributed by atoms with Crippen LogP contribution in [0.15, 0.2) is 10.5 Å². The summed E-state index contributed by atoms with van der Waals surface area (Å²) in [5, 5.41) is 3.35. The van der Waals surface area contributed by atoms with Gasteiger partial charge in [0.25, 0.3) is 0 Å². The van der Waals surface area contributed by atoms with E-state index in [2.05, 4.69) is 25.2 Å². The van der Waals surface area contributed by atoms with Crippen LogP contribution in [0, 0.1) is 6.92 Å². The molecule has 0 spiro atoms. The molecule has 1 aromatic heterocycles. The number of rotatable bonds is 12. The van der Waals surface area contributed by atoms with Crippen molar-refractivity contribution < 1.29 is 9.15 Å². The van der Waals surface area contributed by atoms with E-state index in [4.69, 9.17) is 9.15 Å². The van der Waals surface area contributed by atoms with Crippen molar-refractivity contribution in [1.29, 1.82) is 0 Å². The summed E-state index contributed by atoms with van der Waals surface area (Å²) >= 11 is 0. The number of furan rings is 1. The number of ether oxygens (including phenoxy) is 1. The van der Waals surface area contributed by atoms with E-state index in [0.717, 1.165) is 37.6 Å². The molecule has 1 N–H and O–H groups in total. The molecule has 3 nitrogen and oxygen atoms in total. The predicted octanol–water partition coefficient (Wildman–Crippen LogP) is 4.57. The summed E-state index contributed by atoms with van der Waals surface area (Å²) in [5.41, 5.74) is 1.19. The fourth-order valence-corrected chi connectivity index (χ4v) is 2.20. The van der Waals surface area contributed by atoms with Crippen molar-refractivity contribution in [2.45, 2.75) is 72.4 Å². The molecular formula is C17H31NO2. The second-order valence-corrected chi connectivity index (χ2v) is 5.44. The van der Waals surface area contributed by atoms with Crippen LogP contribution in [0.5, 0.6) is 0 Å². The molecule has 3 heteroatoms. The Hall–Kier alpha value is -0.800. The van der Waals surface area contributed by atoms with E-state index in [0.29, 0.717) is 6.61 Å². The van der Waals surface area contributed by atoms with Crippen molar-refractivity contribution in [3.63, 3.8) is 0 Å². The Morgan fingerprint density at radius 3 is 2.65 bits per heavy atom. The van der Waals surface area contributed by atoms with E-state index in [1.807, 2.05) is 6.92 Å². The van der Waals surface area contributed by atoms with E-state index in [1.165, 1.54) is 37.7 Å². The summed E-state index contributed by atoms with van der Waals surface area (Å²) in [6.45, 7) is 9.80. The van der Waals surface area contributed by atoms with Gasteiger partial charge in [0, 0.05) is 12.2 Å². The summed E-state index contributed by atoms with van der Waals surface area (Å²) in [6, 6.07) is 2.12. The maximum absolute atomic E-state index is 5.74. The third kappa shape index (κ3) is 7.11. The summed E-state index contributed by atoms with van der Waals surface area (Å²) in [7, 11) is 0. The molecule has 0 bridgehead atoms. The van der Waals surface area contributed by atoms with Gasteiger partial charge in [-0.1, -0.05) is 39.5 Å². The number of nitrogens with one attached hydrogen (secondary N) is 1. The van der Waals surface area contributed by atoms with Crippen LogP contribution in [-0.2, 0) is 17.9 Å². The molecule has 0 aliphatic carbocycles. The first-order valence-electron chi connectivity index (χ1n) is 8.14. The summed E-state index contributed by atoms with van der Waals surface area (Å²) in [6.07, 6.45) is 7.57. The van der Waals surface area contributed by atoms with Crippen LogP contribution in [0.25, 0.3) is 0 Å². The molecule has 0 atom stereocenters. The number of hydrogen-bond acceptors (Lipinski definition) is 3. The minimum atomic E-state index is 0.677. The molecule has 20 heavy (non-hydrogen) atoms. The molecule has 1 rings (SSSR count). The van der Waals surface area contributed by atoms with Crippen molar-refractivity contribution >= 4 is 0 Å². The Morgan fingerprint density at radius 1 is 1.10 bits per heavy atom. The zero-order chi connectivity index (χ0) is 14.6. The van der Waals surface area contributed by atoms with Crippen molar-refractivity contribution in [2.75, 3.05) is 13.2 Å². The zero-order valence-electron chi connectivity index (χ0n) is 13.5. The summed E-state index contributed by atoms with van der Waals surface area (Å²) in [4.78, 5) is 0. The molecule has 0 aliphatic heterocycles. The minimum Gasteiger partial charge on any atom is -0.465 e. The number of aryl methyl sites for hydroxylation is 1. The Bertz CT molecular complexity index is 347. The molecule has 0 aromatic carbocycles. The van der Waals surface area contributed by atoms with Crippen LogP contribution in [0.2, 0.25) is 0 Å². The van der Waals surface area contributed by atoms with Gasteiger partial charge < -0.3 is 14.5 Å². The van der Waals surface area contributed by atoms with E-state index in [9.17, 15) is 0 Å². The van der Waals surface area contributed by atoms with Crippen molar-refractivity contribution in [2.24, 2.45) is 0 Å². The van der Waals surface area contributed by atoms with Gasteiger partial charge in [0.1, 0.15) is 11.5 Å². The molecule has 0 saturated heterocycles. The van der Waals surface area contributed by atoms with Gasteiger partial charge in [-0.3, -0.25) is 0 Å². The van der Waals surface area contributed by atoms with E-state index in [-0.39, 0.29) is 0 Å². The highest BCUT2D eigenvalue weighted by Crippen LogP contribution is 2.16. The monoisotopic (exact) mass is 281 g/mol. The third-order valence-electron chi connectivity index (χ3n) is 3.45. The van der Waals surface area contributed by atoms with Gasteiger partial charge in [0.05, 0.1) is 13.2 Å². The van der Waals surface area contributed by atoms with Gasteiger partial charge in [-0.2, -0.15) is 0 Å². The number of unbranched alkanes of at least 4 members (excludes halogenated alkanes) is 4. The van der Waals surface area contributed by atoms with Gasteiger partial charge in [-0.05, 0) is 32.4 Å². The van der Waals surface area contributed by atoms with Crippen LogP contribution >= 0.6 is 0 Å². The van der Waals surface area contributed by atoms with E-state index in [1.54, 1.807) is 0 Å². The predicted molar refractivity (Wildman–Crippen MR) is 83.9 cm³/mol. The van der Waals surface area contributed by atoms with Gasteiger partial charge in [-0.25, -0.2) is 0 Å². The van der Waals surface area contributed by atoms with Crippen molar-refractivity contribution in [3.8, 4) is 0 Å². The van der Waals surface area contributed by atoms with Crippen LogP contribution < -0.4 is 5.32 Å². The lowest BCUT2D eigenvalue weighted by Gasteiger charge is -2.03. The second-order valence-electron chi connectivity index (χ2n) is 5.44. The first kappa shape index (κ1) is 17.3. The third-order valence-corrected chi connectivity index (χ3v) is 3.45. The first-order valence-corrected chi connectivity index (χ1v) is 8.14. The highest BCUT2D eigenvalue weighted by molar-refractivity contribution is 5.19. The van der Waals surface area contributed by atoms with E-state index >= 15 is 0 Å². The lowest BCUT2D eigenvalue weighted by molar-refractivity contribution is 0.116. The SMILES string of the molecule is CCCCCCCOCc1cc(CNCCC)oc1C. The lowest BCUT2D eigenvalue weighted by Crippen LogP contribution is -2.13. The minimum absolute atomic E-state index is 0.677. The maximum Gasteiger partial charge on any atom is 0.118 e. The summed E-state index contributed by atoms with van der Waals surface area (Å²) in [5.74, 6) is 2.00. The molecule has 0 fully saturated rings. The maximum atomic E-state index is 5.74. The van der Waals surface area contributed by atoms with Crippen molar-refractivity contribution in [1.82, 2.24) is 5.32 Å². The molecule has 0 aliphatic rings. The van der Waals surface area contributed by atoms with Crippen LogP contribution in [0.3, 0.4) is 0 Å². The molecule has 0 saturated carbocycles. The standard InChI is InChI=1S/C17H31NO2/c1-4-6-7-8-9-11-19-14-16-12-17(20-15(16)3)13-18-10-5-2/h12,18H,4-11,13-14H2,1-3H3. The Morgan fingerprint density at radius 2 is 1.90 bits per heavy atom.